The van der Waals surface area contributed by atoms with Crippen LogP contribution in [-0.4, -0.2) is 25.9 Å². The number of anilines is 1. The van der Waals surface area contributed by atoms with Gasteiger partial charge in [0.1, 0.15) is 10.7 Å². The fraction of sp³-hybridized carbons (Fsp3) is 0.0526. The first-order valence-corrected chi connectivity index (χ1v) is 11.0. The summed E-state index contributed by atoms with van der Waals surface area (Å²) in [6.07, 6.45) is 1.33. The Hall–Kier alpha value is -2.59. The van der Waals surface area contributed by atoms with Crippen molar-refractivity contribution >= 4 is 44.0 Å². The zero-order valence-electron chi connectivity index (χ0n) is 14.9. The van der Waals surface area contributed by atoms with Gasteiger partial charge in [-0.2, -0.15) is 0 Å². The minimum absolute atomic E-state index is 0.0198. The van der Waals surface area contributed by atoms with Crippen LogP contribution in [0.5, 0.6) is 0 Å². The summed E-state index contributed by atoms with van der Waals surface area (Å²) in [5, 5.41) is 5.27. The van der Waals surface area contributed by atoms with Crippen molar-refractivity contribution in [3.63, 3.8) is 0 Å². The van der Waals surface area contributed by atoms with E-state index < -0.39 is 26.6 Å². The molecule has 1 aromatic heterocycles. The number of nitrogens with zero attached hydrogens (tertiary/aromatic N) is 1. The maximum atomic E-state index is 14.0. The van der Waals surface area contributed by atoms with Gasteiger partial charge in [-0.25, -0.2) is 22.5 Å². The van der Waals surface area contributed by atoms with Crippen LogP contribution in [0.2, 0.25) is 5.02 Å². The van der Waals surface area contributed by atoms with Gasteiger partial charge in [0, 0.05) is 28.1 Å². The minimum atomic E-state index is -4.12. The molecular weight excluding hydrogens is 437 g/mol. The summed E-state index contributed by atoms with van der Waals surface area (Å²) in [7, 11) is -4.12. The second kappa shape index (κ2) is 8.83. The first-order valence-electron chi connectivity index (χ1n) is 8.23. The van der Waals surface area contributed by atoms with Gasteiger partial charge in [0.05, 0.1) is 5.69 Å². The van der Waals surface area contributed by atoms with Crippen LogP contribution < -0.4 is 10.0 Å². The molecule has 0 radical (unpaired) electrons. The van der Waals surface area contributed by atoms with Crippen LogP contribution in [-0.2, 0) is 10.0 Å². The number of hydrogen-bond donors (Lipinski definition) is 2. The molecule has 150 valence electrons. The molecule has 6 nitrogen and oxygen atoms in total. The second-order valence-electron chi connectivity index (χ2n) is 5.78. The lowest BCUT2D eigenvalue weighted by Gasteiger charge is -2.08. The number of aromatic nitrogens is 1. The molecule has 0 saturated heterocycles. The van der Waals surface area contributed by atoms with Gasteiger partial charge < -0.3 is 0 Å². The fourth-order valence-electron chi connectivity index (χ4n) is 2.35. The van der Waals surface area contributed by atoms with E-state index in [1.54, 1.807) is 29.6 Å². The topological polar surface area (TPSA) is 88.2 Å². The third kappa shape index (κ3) is 5.07. The molecule has 0 atom stereocenters. The number of rotatable bonds is 7. The molecule has 0 unspecified atom stereocenters. The SMILES string of the molecule is C=CCNS(=O)(=O)c1cc(C(=O)Nc2nc(-c3ccc(Cl)cc3)cs2)ccc1F. The van der Waals surface area contributed by atoms with E-state index in [0.29, 0.717) is 15.8 Å². The summed E-state index contributed by atoms with van der Waals surface area (Å²) in [5.74, 6) is -1.57. The van der Waals surface area contributed by atoms with Gasteiger partial charge in [0.25, 0.3) is 5.91 Å². The maximum absolute atomic E-state index is 14.0. The highest BCUT2D eigenvalue weighted by Gasteiger charge is 2.21. The summed E-state index contributed by atoms with van der Waals surface area (Å²) in [5.41, 5.74) is 1.46. The summed E-state index contributed by atoms with van der Waals surface area (Å²) >= 11 is 7.08. The van der Waals surface area contributed by atoms with E-state index in [4.69, 9.17) is 11.6 Å². The van der Waals surface area contributed by atoms with Crippen molar-refractivity contribution < 1.29 is 17.6 Å². The predicted molar refractivity (Wildman–Crippen MR) is 112 cm³/mol. The Labute approximate surface area is 176 Å². The lowest BCUT2D eigenvalue weighted by molar-refractivity contribution is 0.102. The number of carbonyl (C=O) groups excluding carboxylic acids is 1. The van der Waals surface area contributed by atoms with Crippen LogP contribution in [0.3, 0.4) is 0 Å². The molecule has 3 rings (SSSR count). The highest BCUT2D eigenvalue weighted by Crippen LogP contribution is 2.26. The van der Waals surface area contributed by atoms with E-state index in [9.17, 15) is 17.6 Å². The van der Waals surface area contributed by atoms with E-state index in [1.165, 1.54) is 23.5 Å². The molecule has 0 aliphatic carbocycles. The molecule has 0 aliphatic heterocycles. The molecule has 0 saturated carbocycles. The normalized spacial score (nSPS) is 11.2. The van der Waals surface area contributed by atoms with Gasteiger partial charge in [0.15, 0.2) is 5.13 Å². The Morgan fingerprint density at radius 2 is 1.97 bits per heavy atom. The molecule has 1 heterocycles. The third-order valence-corrected chi connectivity index (χ3v) is 6.21. The molecule has 0 aliphatic rings. The lowest BCUT2D eigenvalue weighted by atomic mass is 10.2. The van der Waals surface area contributed by atoms with Crippen molar-refractivity contribution in [2.75, 3.05) is 11.9 Å². The average molecular weight is 452 g/mol. The van der Waals surface area contributed by atoms with E-state index in [2.05, 4.69) is 21.6 Å². The number of hydrogen-bond acceptors (Lipinski definition) is 5. The third-order valence-electron chi connectivity index (χ3n) is 3.77. The van der Waals surface area contributed by atoms with E-state index in [-0.39, 0.29) is 12.1 Å². The van der Waals surface area contributed by atoms with E-state index in [1.807, 2.05) is 0 Å². The Morgan fingerprint density at radius 1 is 1.24 bits per heavy atom. The maximum Gasteiger partial charge on any atom is 0.257 e. The number of sulfonamides is 1. The van der Waals surface area contributed by atoms with Gasteiger partial charge in [0.2, 0.25) is 10.0 Å². The molecule has 0 fully saturated rings. The number of amides is 1. The molecule has 0 spiro atoms. The zero-order valence-corrected chi connectivity index (χ0v) is 17.2. The molecule has 2 aromatic carbocycles. The van der Waals surface area contributed by atoms with Crippen LogP contribution in [0.1, 0.15) is 10.4 Å². The fourth-order valence-corrected chi connectivity index (χ4v) is 4.29. The standard InChI is InChI=1S/C19H15ClFN3O3S2/c1-2-9-22-29(26,27)17-10-13(5-8-15(17)21)18(25)24-19-23-16(11-28-19)12-3-6-14(20)7-4-12/h2-8,10-11,22H,1,9H2,(H,23,24,25). The molecule has 10 heteroatoms. The van der Waals surface area contributed by atoms with Gasteiger partial charge in [-0.15, -0.1) is 17.9 Å². The largest absolute Gasteiger partial charge is 0.298 e. The van der Waals surface area contributed by atoms with Crippen LogP contribution in [0, 0.1) is 5.82 Å². The first kappa shape index (κ1) is 21.1. The Kier molecular flexibility index (Phi) is 6.43. The Morgan fingerprint density at radius 3 is 2.66 bits per heavy atom. The lowest BCUT2D eigenvalue weighted by Crippen LogP contribution is -2.25. The van der Waals surface area contributed by atoms with Crippen molar-refractivity contribution in [3.05, 3.63) is 76.9 Å². The second-order valence-corrected chi connectivity index (χ2v) is 8.81. The van der Waals surface area contributed by atoms with Crippen LogP contribution in [0.4, 0.5) is 9.52 Å². The Balaban J connectivity index is 1.80. The van der Waals surface area contributed by atoms with Crippen LogP contribution in [0.25, 0.3) is 11.3 Å². The summed E-state index contributed by atoms with van der Waals surface area (Å²) < 4.78 is 40.5. The van der Waals surface area contributed by atoms with Crippen LogP contribution in [0.15, 0.2) is 65.4 Å². The van der Waals surface area contributed by atoms with Crippen molar-refractivity contribution in [2.24, 2.45) is 0 Å². The van der Waals surface area contributed by atoms with E-state index >= 15 is 0 Å². The number of halogens is 2. The molecule has 3 aromatic rings. The molecule has 2 N–H and O–H groups in total. The van der Waals surface area contributed by atoms with Crippen molar-refractivity contribution in [2.45, 2.75) is 4.90 Å². The number of thiazole rings is 1. The van der Waals surface area contributed by atoms with Crippen molar-refractivity contribution in [1.29, 1.82) is 0 Å². The predicted octanol–water partition coefficient (Wildman–Crippen LogP) is 4.32. The minimum Gasteiger partial charge on any atom is -0.298 e. The first-order chi connectivity index (χ1) is 13.8. The van der Waals surface area contributed by atoms with Gasteiger partial charge in [-0.1, -0.05) is 29.8 Å². The van der Waals surface area contributed by atoms with Crippen LogP contribution >= 0.6 is 22.9 Å². The number of carbonyl (C=O) groups is 1. The zero-order chi connectivity index (χ0) is 21.0. The highest BCUT2D eigenvalue weighted by atomic mass is 35.5. The van der Waals surface area contributed by atoms with Gasteiger partial charge >= 0.3 is 0 Å². The molecule has 29 heavy (non-hydrogen) atoms. The van der Waals surface area contributed by atoms with Gasteiger partial charge in [-0.3, -0.25) is 10.1 Å². The van der Waals surface area contributed by atoms with Crippen molar-refractivity contribution in [3.8, 4) is 11.3 Å². The summed E-state index contributed by atoms with van der Waals surface area (Å²) in [6, 6.07) is 10.2. The average Bonchev–Trinajstić information content (AvgIpc) is 3.15. The van der Waals surface area contributed by atoms with E-state index in [0.717, 1.165) is 17.7 Å². The number of nitrogens with one attached hydrogen (secondary N) is 2. The molecule has 0 bridgehead atoms. The highest BCUT2D eigenvalue weighted by molar-refractivity contribution is 7.89. The Bertz CT molecular complexity index is 1160. The molecule has 1 amide bonds. The summed E-state index contributed by atoms with van der Waals surface area (Å²) in [6.45, 7) is 3.34. The van der Waals surface area contributed by atoms with Gasteiger partial charge in [-0.05, 0) is 30.3 Å². The molecular formula is C19H15ClFN3O3S2. The monoisotopic (exact) mass is 451 g/mol. The summed E-state index contributed by atoms with van der Waals surface area (Å²) in [4.78, 5) is 16.2. The number of benzene rings is 2. The quantitative estimate of drug-likeness (QED) is 0.523. The smallest absolute Gasteiger partial charge is 0.257 e. The van der Waals surface area contributed by atoms with Crippen molar-refractivity contribution in [1.82, 2.24) is 9.71 Å².